The van der Waals surface area contributed by atoms with E-state index in [-0.39, 0.29) is 0 Å². The normalized spacial score (nSPS) is 30.5. The minimum atomic E-state index is 0.329. The highest BCUT2D eigenvalue weighted by atomic mass is 35.5. The first-order valence-electron chi connectivity index (χ1n) is 4.71. The molecule has 2 unspecified atom stereocenters. The zero-order valence-corrected chi connectivity index (χ0v) is 8.44. The van der Waals surface area contributed by atoms with Crippen molar-refractivity contribution in [2.75, 3.05) is 20.3 Å². The molecule has 1 aliphatic carbocycles. The quantitative estimate of drug-likeness (QED) is 0.540. The van der Waals surface area contributed by atoms with Gasteiger partial charge in [-0.1, -0.05) is 12.8 Å². The van der Waals surface area contributed by atoms with Gasteiger partial charge in [0.15, 0.2) is 0 Å². The van der Waals surface area contributed by atoms with E-state index < -0.39 is 0 Å². The van der Waals surface area contributed by atoms with Crippen molar-refractivity contribution in [1.29, 1.82) is 0 Å². The lowest BCUT2D eigenvalue weighted by Crippen LogP contribution is -2.40. The Hall–Kier alpha value is 0.210. The highest BCUT2D eigenvalue weighted by Gasteiger charge is 2.21. The van der Waals surface area contributed by atoms with Gasteiger partial charge in [-0.15, -0.1) is 11.6 Å². The number of nitrogens with one attached hydrogen (secondary N) is 1. The second kappa shape index (κ2) is 5.79. The van der Waals surface area contributed by atoms with Crippen LogP contribution in [0.1, 0.15) is 25.7 Å². The Morgan fingerprint density at radius 3 is 2.83 bits per heavy atom. The maximum absolute atomic E-state index is 6.16. The summed E-state index contributed by atoms with van der Waals surface area (Å²) in [4.78, 5) is 0. The van der Waals surface area contributed by atoms with Crippen LogP contribution in [0.3, 0.4) is 0 Å². The predicted octanol–water partition coefficient (Wildman–Crippen LogP) is 1.77. The molecular formula is C9H18ClNO. The van der Waals surface area contributed by atoms with Crippen molar-refractivity contribution in [3.63, 3.8) is 0 Å². The maximum Gasteiger partial charge on any atom is 0.0587 e. The Labute approximate surface area is 79.6 Å². The molecule has 0 aromatic carbocycles. The molecular weight excluding hydrogens is 174 g/mol. The molecule has 1 N–H and O–H groups in total. The van der Waals surface area contributed by atoms with Gasteiger partial charge < -0.3 is 10.1 Å². The minimum absolute atomic E-state index is 0.329. The number of alkyl halides is 1. The smallest absolute Gasteiger partial charge is 0.0587 e. The summed E-state index contributed by atoms with van der Waals surface area (Å²) in [7, 11) is 1.72. The van der Waals surface area contributed by atoms with Crippen LogP contribution in [0.2, 0.25) is 0 Å². The lowest BCUT2D eigenvalue weighted by molar-refractivity contribution is 0.192. The molecule has 72 valence electrons. The molecule has 0 aromatic rings. The molecule has 0 amide bonds. The summed E-state index contributed by atoms with van der Waals surface area (Å²) in [5.74, 6) is 0. The highest BCUT2D eigenvalue weighted by molar-refractivity contribution is 6.21. The fourth-order valence-electron chi connectivity index (χ4n) is 1.66. The first-order chi connectivity index (χ1) is 5.84. The van der Waals surface area contributed by atoms with Crippen molar-refractivity contribution in [3.05, 3.63) is 0 Å². The molecule has 0 aliphatic heterocycles. The number of ether oxygens (including phenoxy) is 1. The third-order valence-corrected chi connectivity index (χ3v) is 2.92. The van der Waals surface area contributed by atoms with Crippen molar-refractivity contribution in [3.8, 4) is 0 Å². The summed E-state index contributed by atoms with van der Waals surface area (Å²) in [5.41, 5.74) is 0. The van der Waals surface area contributed by atoms with Crippen LogP contribution in [0.5, 0.6) is 0 Å². The summed E-state index contributed by atoms with van der Waals surface area (Å²) in [6.45, 7) is 1.70. The van der Waals surface area contributed by atoms with Gasteiger partial charge in [-0.05, 0) is 12.8 Å². The van der Waals surface area contributed by atoms with E-state index >= 15 is 0 Å². The van der Waals surface area contributed by atoms with Gasteiger partial charge in [-0.3, -0.25) is 0 Å². The molecule has 3 heteroatoms. The van der Waals surface area contributed by atoms with E-state index in [0.29, 0.717) is 11.4 Å². The van der Waals surface area contributed by atoms with Gasteiger partial charge in [-0.25, -0.2) is 0 Å². The van der Waals surface area contributed by atoms with Crippen molar-refractivity contribution < 1.29 is 4.74 Å². The standard InChI is InChI=1S/C9H18ClNO/c1-12-7-6-11-9-5-3-2-4-8(9)10/h8-9,11H,2-7H2,1H3. The number of methoxy groups -OCH3 is 1. The van der Waals surface area contributed by atoms with Gasteiger partial charge in [0.05, 0.1) is 6.61 Å². The largest absolute Gasteiger partial charge is 0.383 e. The van der Waals surface area contributed by atoms with Gasteiger partial charge in [0.25, 0.3) is 0 Å². The number of rotatable bonds is 4. The molecule has 0 aromatic heterocycles. The summed E-state index contributed by atoms with van der Waals surface area (Å²) < 4.78 is 4.96. The van der Waals surface area contributed by atoms with Gasteiger partial charge in [0.1, 0.15) is 0 Å². The first-order valence-corrected chi connectivity index (χ1v) is 5.14. The third kappa shape index (κ3) is 3.30. The van der Waals surface area contributed by atoms with Crippen LogP contribution in [0.25, 0.3) is 0 Å². The summed E-state index contributed by atoms with van der Waals surface area (Å²) in [5, 5.41) is 3.74. The van der Waals surface area contributed by atoms with Gasteiger partial charge in [0.2, 0.25) is 0 Å². The average molecular weight is 192 g/mol. The molecule has 0 spiro atoms. The molecule has 0 saturated heterocycles. The lowest BCUT2D eigenvalue weighted by Gasteiger charge is -2.27. The number of hydrogen-bond donors (Lipinski definition) is 1. The molecule has 0 bridgehead atoms. The van der Waals surface area contributed by atoms with Gasteiger partial charge in [-0.2, -0.15) is 0 Å². The van der Waals surface area contributed by atoms with Crippen molar-refractivity contribution in [2.45, 2.75) is 37.1 Å². The van der Waals surface area contributed by atoms with E-state index in [1.54, 1.807) is 7.11 Å². The van der Waals surface area contributed by atoms with E-state index in [0.717, 1.165) is 19.6 Å². The van der Waals surface area contributed by atoms with E-state index in [9.17, 15) is 0 Å². The van der Waals surface area contributed by atoms with Crippen LogP contribution in [0.4, 0.5) is 0 Å². The summed E-state index contributed by atoms with van der Waals surface area (Å²) >= 11 is 6.16. The summed E-state index contributed by atoms with van der Waals surface area (Å²) in [6.07, 6.45) is 4.98. The van der Waals surface area contributed by atoms with Crippen LogP contribution in [0.15, 0.2) is 0 Å². The van der Waals surface area contributed by atoms with Crippen molar-refractivity contribution >= 4 is 11.6 Å². The molecule has 0 radical (unpaired) electrons. The fraction of sp³-hybridized carbons (Fsp3) is 1.00. The van der Waals surface area contributed by atoms with E-state index in [1.165, 1.54) is 19.3 Å². The number of halogens is 1. The topological polar surface area (TPSA) is 21.3 Å². The lowest BCUT2D eigenvalue weighted by atomic mass is 9.95. The molecule has 1 rings (SSSR count). The fourth-order valence-corrected chi connectivity index (χ4v) is 2.03. The minimum Gasteiger partial charge on any atom is -0.383 e. The SMILES string of the molecule is COCCNC1CCCCC1Cl. The molecule has 1 fully saturated rings. The maximum atomic E-state index is 6.16. The third-order valence-electron chi connectivity index (χ3n) is 2.39. The van der Waals surface area contributed by atoms with Crippen LogP contribution in [-0.2, 0) is 4.74 Å². The highest BCUT2D eigenvalue weighted by Crippen LogP contribution is 2.22. The van der Waals surface area contributed by atoms with Gasteiger partial charge in [0, 0.05) is 25.1 Å². The zero-order valence-electron chi connectivity index (χ0n) is 7.68. The molecule has 1 saturated carbocycles. The van der Waals surface area contributed by atoms with Crippen LogP contribution < -0.4 is 5.32 Å². The summed E-state index contributed by atoms with van der Waals surface area (Å²) in [6, 6.07) is 0.510. The Kier molecular flexibility index (Phi) is 4.96. The Balaban J connectivity index is 2.11. The Morgan fingerprint density at radius 1 is 1.42 bits per heavy atom. The van der Waals surface area contributed by atoms with E-state index in [4.69, 9.17) is 16.3 Å². The zero-order chi connectivity index (χ0) is 8.81. The van der Waals surface area contributed by atoms with Gasteiger partial charge >= 0.3 is 0 Å². The molecule has 1 aliphatic rings. The average Bonchev–Trinajstić information content (AvgIpc) is 2.09. The van der Waals surface area contributed by atoms with Crippen molar-refractivity contribution in [2.24, 2.45) is 0 Å². The molecule has 12 heavy (non-hydrogen) atoms. The first kappa shape index (κ1) is 10.3. The second-order valence-corrected chi connectivity index (χ2v) is 3.91. The molecule has 0 heterocycles. The van der Waals surface area contributed by atoms with E-state index in [1.807, 2.05) is 0 Å². The monoisotopic (exact) mass is 191 g/mol. The Morgan fingerprint density at radius 2 is 2.17 bits per heavy atom. The van der Waals surface area contributed by atoms with Crippen LogP contribution >= 0.6 is 11.6 Å². The van der Waals surface area contributed by atoms with Crippen LogP contribution in [-0.4, -0.2) is 31.7 Å². The van der Waals surface area contributed by atoms with Crippen molar-refractivity contribution in [1.82, 2.24) is 5.32 Å². The molecule has 2 nitrogen and oxygen atoms in total. The predicted molar refractivity (Wildman–Crippen MR) is 51.8 cm³/mol. The molecule has 2 atom stereocenters. The number of hydrogen-bond acceptors (Lipinski definition) is 2. The second-order valence-electron chi connectivity index (χ2n) is 3.35. The van der Waals surface area contributed by atoms with E-state index in [2.05, 4.69) is 5.32 Å². The van der Waals surface area contributed by atoms with Crippen LogP contribution in [0, 0.1) is 0 Å². The Bertz CT molecular complexity index is 121.